The van der Waals surface area contributed by atoms with E-state index in [0.29, 0.717) is 0 Å². The molecule has 0 bridgehead atoms. The van der Waals surface area contributed by atoms with Crippen molar-refractivity contribution < 1.29 is 0 Å². The van der Waals surface area contributed by atoms with Gasteiger partial charge in [0, 0.05) is 69.0 Å². The largest absolute Gasteiger partial charge is 0.309 e. The molecule has 5 aromatic heterocycles. The molecule has 0 atom stereocenters. The molecule has 9 aromatic rings. The van der Waals surface area contributed by atoms with E-state index < -0.39 is 0 Å². The van der Waals surface area contributed by atoms with Crippen LogP contribution in [0.3, 0.4) is 0 Å². The molecule has 0 saturated heterocycles. The number of aromatic nitrogens is 5. The quantitative estimate of drug-likeness (QED) is 0.209. The lowest BCUT2D eigenvalue weighted by molar-refractivity contribution is 1.17. The molecule has 0 N–H and O–H groups in total. The second kappa shape index (κ2) is 10.00. The van der Waals surface area contributed by atoms with Gasteiger partial charge in [-0.05, 0) is 90.8 Å². The third-order valence-electron chi connectivity index (χ3n) is 8.77. The maximum atomic E-state index is 4.77. The number of para-hydroxylation sites is 1. The summed E-state index contributed by atoms with van der Waals surface area (Å²) < 4.78 is 4.65. The van der Waals surface area contributed by atoms with Gasteiger partial charge < -0.3 is 9.13 Å². The molecule has 5 heteroatoms. The Labute approximate surface area is 259 Å². The minimum atomic E-state index is 0.973. The lowest BCUT2D eigenvalue weighted by Crippen LogP contribution is -1.95. The van der Waals surface area contributed by atoms with Crippen molar-refractivity contribution in [2.45, 2.75) is 6.92 Å². The first-order valence-electron chi connectivity index (χ1n) is 15.1. The maximum Gasteiger partial charge on any atom is 0.0705 e. The van der Waals surface area contributed by atoms with Crippen molar-refractivity contribution in [3.05, 3.63) is 152 Å². The number of rotatable bonds is 4. The van der Waals surface area contributed by atoms with Gasteiger partial charge in [-0.1, -0.05) is 48.5 Å². The summed E-state index contributed by atoms with van der Waals surface area (Å²) in [5, 5.41) is 4.62. The molecule has 0 aliphatic carbocycles. The first-order chi connectivity index (χ1) is 22.2. The van der Waals surface area contributed by atoms with Crippen LogP contribution in [0.4, 0.5) is 0 Å². The van der Waals surface area contributed by atoms with Crippen molar-refractivity contribution in [3.63, 3.8) is 0 Å². The van der Waals surface area contributed by atoms with Crippen LogP contribution in [0.25, 0.3) is 77.4 Å². The predicted octanol–water partition coefficient (Wildman–Crippen LogP) is 9.71. The second-order valence-electron chi connectivity index (χ2n) is 11.5. The molecule has 212 valence electrons. The molecule has 0 aliphatic rings. The van der Waals surface area contributed by atoms with Gasteiger partial charge in [0.2, 0.25) is 0 Å². The van der Waals surface area contributed by atoms with Crippen molar-refractivity contribution in [2.75, 3.05) is 0 Å². The van der Waals surface area contributed by atoms with Crippen LogP contribution in [0.5, 0.6) is 0 Å². The Bertz CT molecular complexity index is 2560. The van der Waals surface area contributed by atoms with E-state index in [1.165, 1.54) is 10.8 Å². The topological polar surface area (TPSA) is 48.5 Å². The third-order valence-corrected chi connectivity index (χ3v) is 8.77. The summed E-state index contributed by atoms with van der Waals surface area (Å²) in [5.41, 5.74) is 12.2. The molecule has 0 radical (unpaired) electrons. The molecule has 9 rings (SSSR count). The maximum absolute atomic E-state index is 4.77. The Morgan fingerprint density at radius 2 is 1.02 bits per heavy atom. The highest BCUT2D eigenvalue weighted by molar-refractivity contribution is 6.12. The van der Waals surface area contributed by atoms with E-state index in [1.807, 2.05) is 37.8 Å². The molecule has 0 unspecified atom stereocenters. The molecular weight excluding hydrogens is 550 g/mol. The van der Waals surface area contributed by atoms with E-state index in [9.17, 15) is 0 Å². The summed E-state index contributed by atoms with van der Waals surface area (Å²) >= 11 is 0. The summed E-state index contributed by atoms with van der Waals surface area (Å²) in [4.78, 5) is 13.8. The van der Waals surface area contributed by atoms with E-state index in [0.717, 1.165) is 72.3 Å². The summed E-state index contributed by atoms with van der Waals surface area (Å²) in [7, 11) is 0. The van der Waals surface area contributed by atoms with E-state index in [-0.39, 0.29) is 0 Å². The summed E-state index contributed by atoms with van der Waals surface area (Å²) in [6.45, 7) is 2.03. The van der Waals surface area contributed by atoms with Crippen LogP contribution in [0.1, 0.15) is 5.69 Å². The Hall–Kier alpha value is -6.07. The Kier molecular flexibility index (Phi) is 5.65. The number of hydrogen-bond acceptors (Lipinski definition) is 3. The van der Waals surface area contributed by atoms with Crippen LogP contribution in [0.2, 0.25) is 0 Å². The van der Waals surface area contributed by atoms with Gasteiger partial charge >= 0.3 is 0 Å². The van der Waals surface area contributed by atoms with Gasteiger partial charge in [-0.3, -0.25) is 15.0 Å². The SMILES string of the molecule is Cc1cccc(-c2cccc(-n3c4ccncc4c4cc(-c5ccc6c(c5)c5cnccc5n6-c5ccccc5)ccc43)c2)n1. The first kappa shape index (κ1) is 25.4. The van der Waals surface area contributed by atoms with Gasteiger partial charge in [-0.25, -0.2) is 0 Å². The van der Waals surface area contributed by atoms with Gasteiger partial charge in [-0.2, -0.15) is 0 Å². The Morgan fingerprint density at radius 3 is 1.67 bits per heavy atom. The molecule has 0 saturated carbocycles. The number of fused-ring (bicyclic) bond motifs is 6. The average molecular weight is 578 g/mol. The highest BCUT2D eigenvalue weighted by Gasteiger charge is 2.16. The van der Waals surface area contributed by atoms with E-state index in [4.69, 9.17) is 4.98 Å². The molecule has 5 heterocycles. The Morgan fingerprint density at radius 1 is 0.444 bits per heavy atom. The van der Waals surface area contributed by atoms with E-state index >= 15 is 0 Å². The monoisotopic (exact) mass is 577 g/mol. The number of nitrogens with zero attached hydrogens (tertiary/aromatic N) is 5. The first-order valence-corrected chi connectivity index (χ1v) is 15.1. The summed E-state index contributed by atoms with van der Waals surface area (Å²) in [6.07, 6.45) is 7.69. The van der Waals surface area contributed by atoms with Crippen molar-refractivity contribution in [1.82, 2.24) is 24.1 Å². The van der Waals surface area contributed by atoms with Crippen molar-refractivity contribution >= 4 is 43.6 Å². The zero-order chi connectivity index (χ0) is 29.9. The molecule has 0 amide bonds. The number of aryl methyl sites for hydroxylation is 1. The molecule has 5 nitrogen and oxygen atoms in total. The third kappa shape index (κ3) is 4.05. The summed E-state index contributed by atoms with van der Waals surface area (Å²) in [6, 6.07) is 43.0. The van der Waals surface area contributed by atoms with Crippen LogP contribution in [-0.2, 0) is 0 Å². The lowest BCUT2D eigenvalue weighted by atomic mass is 10.0. The number of benzene rings is 4. The fourth-order valence-corrected chi connectivity index (χ4v) is 6.73. The van der Waals surface area contributed by atoms with Crippen molar-refractivity contribution in [2.24, 2.45) is 0 Å². The van der Waals surface area contributed by atoms with E-state index in [2.05, 4.69) is 134 Å². The lowest BCUT2D eigenvalue weighted by Gasteiger charge is -2.11. The second-order valence-corrected chi connectivity index (χ2v) is 11.5. The highest BCUT2D eigenvalue weighted by Crippen LogP contribution is 2.38. The van der Waals surface area contributed by atoms with Gasteiger partial charge in [0.25, 0.3) is 0 Å². The van der Waals surface area contributed by atoms with Crippen LogP contribution in [0, 0.1) is 6.92 Å². The van der Waals surface area contributed by atoms with Gasteiger partial charge in [0.1, 0.15) is 0 Å². The standard InChI is InChI=1S/C40H27N5/c1-26-7-5-12-36(43-26)29-8-6-11-31(21-29)45-38-16-14-28(23-33(38)35-25-42-20-18-40(35)45)27-13-15-37-32(22-27)34-24-41-19-17-39(34)44(37)30-9-3-2-4-10-30/h2-25H,1H3. The molecule has 45 heavy (non-hydrogen) atoms. The van der Waals surface area contributed by atoms with Crippen LogP contribution < -0.4 is 0 Å². The van der Waals surface area contributed by atoms with Gasteiger partial charge in [0.05, 0.1) is 27.8 Å². The van der Waals surface area contributed by atoms with Crippen LogP contribution >= 0.6 is 0 Å². The zero-order valence-corrected chi connectivity index (χ0v) is 24.6. The minimum absolute atomic E-state index is 0.973. The molecule has 4 aromatic carbocycles. The molecule has 0 spiro atoms. The smallest absolute Gasteiger partial charge is 0.0705 e. The number of pyridine rings is 3. The molecule has 0 aliphatic heterocycles. The Balaban J connectivity index is 1.22. The molecule has 0 fully saturated rings. The normalized spacial score (nSPS) is 11.7. The van der Waals surface area contributed by atoms with E-state index in [1.54, 1.807) is 0 Å². The number of hydrogen-bond donors (Lipinski definition) is 0. The highest BCUT2D eigenvalue weighted by atomic mass is 15.0. The van der Waals surface area contributed by atoms with Crippen molar-refractivity contribution in [1.29, 1.82) is 0 Å². The minimum Gasteiger partial charge on any atom is -0.309 e. The fraction of sp³-hybridized carbons (Fsp3) is 0.0250. The molecular formula is C40H27N5. The van der Waals surface area contributed by atoms with Crippen LogP contribution in [-0.4, -0.2) is 24.1 Å². The van der Waals surface area contributed by atoms with Gasteiger partial charge in [-0.15, -0.1) is 0 Å². The average Bonchev–Trinajstić information content (AvgIpc) is 3.61. The fourth-order valence-electron chi connectivity index (χ4n) is 6.73. The summed E-state index contributed by atoms with van der Waals surface area (Å²) in [5.74, 6) is 0. The van der Waals surface area contributed by atoms with Crippen LogP contribution in [0.15, 0.2) is 146 Å². The van der Waals surface area contributed by atoms with Gasteiger partial charge in [0.15, 0.2) is 0 Å². The van der Waals surface area contributed by atoms with Crippen molar-refractivity contribution in [3.8, 4) is 33.8 Å². The predicted molar refractivity (Wildman–Crippen MR) is 184 cm³/mol. The zero-order valence-electron chi connectivity index (χ0n) is 24.6.